The molecule has 2 aromatic carbocycles. The van der Waals surface area contributed by atoms with Crippen LogP contribution in [0.1, 0.15) is 22.3 Å². The number of carbonyl (C=O) groups excluding carboxylic acids is 3. The zero-order chi connectivity index (χ0) is 22.8. The summed E-state index contributed by atoms with van der Waals surface area (Å²) >= 11 is 0. The predicted molar refractivity (Wildman–Crippen MR) is 114 cm³/mol. The Kier molecular flexibility index (Phi) is 5.89. The number of primary amides is 1. The van der Waals surface area contributed by atoms with Crippen molar-refractivity contribution in [2.45, 2.75) is 31.7 Å². The molecule has 3 N–H and O–H groups in total. The average molecular weight is 440 g/mol. The molecule has 4 rings (SSSR count). The van der Waals surface area contributed by atoms with E-state index in [1.54, 1.807) is 47.0 Å². The van der Waals surface area contributed by atoms with Crippen molar-refractivity contribution < 1.29 is 23.2 Å². The molecule has 2 atom stereocenters. The van der Waals surface area contributed by atoms with Crippen LogP contribution in [0.5, 0.6) is 0 Å². The largest absolute Gasteiger partial charge is 0.366 e. The molecule has 2 heterocycles. The number of nitrogens with one attached hydrogen (secondary N) is 1. The van der Waals surface area contributed by atoms with Crippen molar-refractivity contribution in [3.05, 3.63) is 71.7 Å². The lowest BCUT2D eigenvalue weighted by atomic mass is 10.1. The minimum atomic E-state index is -1.34. The molecule has 166 valence electrons. The standard InChI is InChI=1S/C23H22F2N4O3/c24-15-9-20(23(32)27-10-14-5-1-3-7-18(14)25)29(11-15)21(30)13-28-12-17(22(26)31)16-6-2-4-8-19(16)28/h1-8,12,15,20H,9-11,13H2,(H2,26,31)(H,27,32)/t15-,20+/m1/s1. The molecule has 7 nitrogen and oxygen atoms in total. The number of alkyl halides is 1. The first-order chi connectivity index (χ1) is 15.3. The average Bonchev–Trinajstić information content (AvgIpc) is 3.34. The highest BCUT2D eigenvalue weighted by Gasteiger charge is 2.39. The summed E-state index contributed by atoms with van der Waals surface area (Å²) in [4.78, 5) is 38.6. The number of benzene rings is 2. The van der Waals surface area contributed by atoms with Gasteiger partial charge in [0.1, 0.15) is 24.6 Å². The molecule has 32 heavy (non-hydrogen) atoms. The quantitative estimate of drug-likeness (QED) is 0.615. The van der Waals surface area contributed by atoms with E-state index in [0.29, 0.717) is 16.5 Å². The summed E-state index contributed by atoms with van der Waals surface area (Å²) in [5.41, 5.74) is 6.64. The van der Waals surface area contributed by atoms with Gasteiger partial charge in [0.2, 0.25) is 11.8 Å². The van der Waals surface area contributed by atoms with E-state index in [2.05, 4.69) is 5.32 Å². The summed E-state index contributed by atoms with van der Waals surface area (Å²) in [6, 6.07) is 12.0. The lowest BCUT2D eigenvalue weighted by Gasteiger charge is -2.24. The molecule has 9 heteroatoms. The second-order valence-electron chi connectivity index (χ2n) is 7.76. The number of carbonyl (C=O) groups is 3. The van der Waals surface area contributed by atoms with Crippen molar-refractivity contribution in [1.82, 2.24) is 14.8 Å². The number of amides is 3. The van der Waals surface area contributed by atoms with Crippen molar-refractivity contribution in [2.75, 3.05) is 6.54 Å². The van der Waals surface area contributed by atoms with Gasteiger partial charge in [-0.2, -0.15) is 0 Å². The van der Waals surface area contributed by atoms with Crippen LogP contribution in [0.15, 0.2) is 54.7 Å². The van der Waals surface area contributed by atoms with Gasteiger partial charge in [-0.25, -0.2) is 8.78 Å². The Bertz CT molecular complexity index is 1190. The summed E-state index contributed by atoms with van der Waals surface area (Å²) in [7, 11) is 0. The van der Waals surface area contributed by atoms with Crippen molar-refractivity contribution in [3.8, 4) is 0 Å². The summed E-state index contributed by atoms with van der Waals surface area (Å²) in [5.74, 6) is -2.09. The van der Waals surface area contributed by atoms with Crippen LogP contribution in [0.2, 0.25) is 0 Å². The topological polar surface area (TPSA) is 97.4 Å². The molecule has 1 aliphatic rings. The van der Waals surface area contributed by atoms with Crippen LogP contribution < -0.4 is 11.1 Å². The highest BCUT2D eigenvalue weighted by atomic mass is 19.1. The monoisotopic (exact) mass is 440 g/mol. The van der Waals surface area contributed by atoms with Gasteiger partial charge in [0.15, 0.2) is 0 Å². The van der Waals surface area contributed by atoms with Gasteiger partial charge in [-0.1, -0.05) is 36.4 Å². The first-order valence-corrected chi connectivity index (χ1v) is 10.2. The van der Waals surface area contributed by atoms with E-state index in [-0.39, 0.29) is 31.6 Å². The molecule has 0 aliphatic carbocycles. The number of rotatable bonds is 6. The Morgan fingerprint density at radius 3 is 2.56 bits per heavy atom. The molecule has 0 radical (unpaired) electrons. The van der Waals surface area contributed by atoms with Gasteiger partial charge in [-0.15, -0.1) is 0 Å². The summed E-state index contributed by atoms with van der Waals surface area (Å²) in [6.07, 6.45) is 0.0142. The van der Waals surface area contributed by atoms with E-state index in [4.69, 9.17) is 5.73 Å². The fourth-order valence-corrected chi connectivity index (χ4v) is 4.06. The molecule has 0 spiro atoms. The number of fused-ring (bicyclic) bond motifs is 1. The third-order valence-corrected chi connectivity index (χ3v) is 5.64. The number of hydrogen-bond donors (Lipinski definition) is 2. The molecule has 1 aromatic heterocycles. The highest BCUT2D eigenvalue weighted by molar-refractivity contribution is 6.06. The zero-order valence-electron chi connectivity index (χ0n) is 17.1. The number of nitrogens with zero attached hydrogens (tertiary/aromatic N) is 2. The predicted octanol–water partition coefficient (Wildman–Crippen LogP) is 2.13. The SMILES string of the molecule is NC(=O)c1cn(CC(=O)N2C[C@H](F)C[C@H]2C(=O)NCc2ccccc2F)c2ccccc12. The highest BCUT2D eigenvalue weighted by Crippen LogP contribution is 2.24. The Hall–Kier alpha value is -3.75. The number of hydrogen-bond acceptors (Lipinski definition) is 3. The molecule has 1 aliphatic heterocycles. The first kappa shape index (κ1) is 21.5. The molecule has 3 aromatic rings. The minimum Gasteiger partial charge on any atom is -0.366 e. The van der Waals surface area contributed by atoms with Gasteiger partial charge >= 0.3 is 0 Å². The molecule has 1 saturated heterocycles. The maximum absolute atomic E-state index is 14.2. The minimum absolute atomic E-state index is 0.0643. The lowest BCUT2D eigenvalue weighted by Crippen LogP contribution is -2.46. The van der Waals surface area contributed by atoms with Gasteiger partial charge in [0.25, 0.3) is 5.91 Å². The van der Waals surface area contributed by atoms with Gasteiger partial charge in [0.05, 0.1) is 12.1 Å². The van der Waals surface area contributed by atoms with Crippen LogP contribution in [0, 0.1) is 5.82 Å². The van der Waals surface area contributed by atoms with E-state index in [0.717, 1.165) is 0 Å². The van der Waals surface area contributed by atoms with Crippen LogP contribution in [0.4, 0.5) is 8.78 Å². The van der Waals surface area contributed by atoms with Crippen LogP contribution in [-0.4, -0.2) is 45.9 Å². The summed E-state index contributed by atoms with van der Waals surface area (Å²) in [5, 5.41) is 3.20. The second kappa shape index (κ2) is 8.78. The first-order valence-electron chi connectivity index (χ1n) is 10.2. The van der Waals surface area contributed by atoms with Crippen molar-refractivity contribution in [3.63, 3.8) is 0 Å². The second-order valence-corrected chi connectivity index (χ2v) is 7.76. The fourth-order valence-electron chi connectivity index (χ4n) is 4.06. The molecule has 0 saturated carbocycles. The molecular weight excluding hydrogens is 418 g/mol. The lowest BCUT2D eigenvalue weighted by molar-refractivity contribution is -0.139. The molecule has 3 amide bonds. The van der Waals surface area contributed by atoms with Crippen molar-refractivity contribution >= 4 is 28.6 Å². The maximum Gasteiger partial charge on any atom is 0.250 e. The number of halogens is 2. The number of para-hydroxylation sites is 1. The Morgan fingerprint density at radius 1 is 1.09 bits per heavy atom. The van der Waals surface area contributed by atoms with Crippen LogP contribution in [0.25, 0.3) is 10.9 Å². The van der Waals surface area contributed by atoms with Gasteiger partial charge < -0.3 is 20.5 Å². The van der Waals surface area contributed by atoms with E-state index in [9.17, 15) is 23.2 Å². The normalized spacial score (nSPS) is 18.1. The van der Waals surface area contributed by atoms with Crippen molar-refractivity contribution in [1.29, 1.82) is 0 Å². The van der Waals surface area contributed by atoms with Gasteiger partial charge in [0, 0.05) is 35.6 Å². The number of nitrogens with two attached hydrogens (primary N) is 1. The van der Waals surface area contributed by atoms with Crippen molar-refractivity contribution in [2.24, 2.45) is 5.73 Å². The molecular formula is C23H22F2N4O3. The Morgan fingerprint density at radius 2 is 1.81 bits per heavy atom. The smallest absolute Gasteiger partial charge is 0.250 e. The van der Waals surface area contributed by atoms with Crippen LogP contribution >= 0.6 is 0 Å². The molecule has 0 bridgehead atoms. The molecule has 1 fully saturated rings. The third-order valence-electron chi connectivity index (χ3n) is 5.64. The van der Waals surface area contributed by atoms with E-state index in [1.165, 1.54) is 17.2 Å². The Balaban J connectivity index is 1.50. The Labute approximate surface area is 182 Å². The maximum atomic E-state index is 14.2. The third kappa shape index (κ3) is 4.18. The number of likely N-dealkylation sites (tertiary alicyclic amines) is 1. The molecule has 0 unspecified atom stereocenters. The number of aromatic nitrogens is 1. The van der Waals surface area contributed by atoms with E-state index in [1.807, 2.05) is 0 Å². The van der Waals surface area contributed by atoms with Crippen LogP contribution in [0.3, 0.4) is 0 Å². The van der Waals surface area contributed by atoms with Gasteiger partial charge in [-0.05, 0) is 12.1 Å². The van der Waals surface area contributed by atoms with Crippen LogP contribution in [-0.2, 0) is 22.7 Å². The summed E-state index contributed by atoms with van der Waals surface area (Å²) in [6.45, 7) is -0.457. The summed E-state index contributed by atoms with van der Waals surface area (Å²) < 4.78 is 29.5. The van der Waals surface area contributed by atoms with Gasteiger partial charge in [-0.3, -0.25) is 14.4 Å². The zero-order valence-corrected chi connectivity index (χ0v) is 17.1. The van der Waals surface area contributed by atoms with E-state index >= 15 is 0 Å². The van der Waals surface area contributed by atoms with E-state index < -0.39 is 35.8 Å². The fraction of sp³-hybridized carbons (Fsp3) is 0.261.